The van der Waals surface area contributed by atoms with E-state index < -0.39 is 0 Å². The Labute approximate surface area is 111 Å². The first-order valence-electron chi connectivity index (χ1n) is 6.23. The molecular weight excluding hydrogens is 238 g/mol. The number of fused-ring (bicyclic) bond motifs is 1. The van der Waals surface area contributed by atoms with E-state index in [-0.39, 0.29) is 6.04 Å². The third-order valence-corrected chi connectivity index (χ3v) is 2.99. The van der Waals surface area contributed by atoms with Gasteiger partial charge in [0, 0.05) is 17.8 Å². The molecule has 5 heteroatoms. The van der Waals surface area contributed by atoms with E-state index >= 15 is 0 Å². The van der Waals surface area contributed by atoms with E-state index in [1.165, 1.54) is 0 Å². The average molecular weight is 253 g/mol. The van der Waals surface area contributed by atoms with Crippen molar-refractivity contribution in [3.8, 4) is 11.4 Å². The first-order valence-corrected chi connectivity index (χ1v) is 6.23. The molecule has 2 N–H and O–H groups in total. The zero-order chi connectivity index (χ0) is 13.4. The predicted molar refractivity (Wildman–Crippen MR) is 75.6 cm³/mol. The number of nitrogens with two attached hydrogens (primary N) is 1. The quantitative estimate of drug-likeness (QED) is 0.762. The van der Waals surface area contributed by atoms with Gasteiger partial charge >= 0.3 is 0 Å². The summed E-state index contributed by atoms with van der Waals surface area (Å²) in [5, 5.41) is 5.24. The molecule has 0 amide bonds. The molecule has 0 radical (unpaired) electrons. The summed E-state index contributed by atoms with van der Waals surface area (Å²) >= 11 is 0. The largest absolute Gasteiger partial charge is 0.383 e. The van der Waals surface area contributed by atoms with Gasteiger partial charge in [-0.1, -0.05) is 30.3 Å². The Balaban J connectivity index is 2.19. The van der Waals surface area contributed by atoms with Crippen molar-refractivity contribution in [2.24, 2.45) is 0 Å². The highest BCUT2D eigenvalue weighted by molar-refractivity contribution is 5.86. The Kier molecular flexibility index (Phi) is 2.67. The number of anilines is 1. The van der Waals surface area contributed by atoms with Crippen LogP contribution in [0.3, 0.4) is 0 Å². The molecule has 2 aromatic heterocycles. The van der Waals surface area contributed by atoms with Crippen LogP contribution in [0.1, 0.15) is 19.9 Å². The maximum absolute atomic E-state index is 6.00. The molecule has 0 bridgehead atoms. The number of aromatic nitrogens is 4. The molecule has 3 aromatic rings. The van der Waals surface area contributed by atoms with Crippen LogP contribution < -0.4 is 5.73 Å². The molecular formula is C14H15N5. The lowest BCUT2D eigenvalue weighted by Gasteiger charge is -2.01. The van der Waals surface area contributed by atoms with E-state index in [1.807, 2.05) is 41.2 Å². The molecule has 0 aliphatic heterocycles. The Morgan fingerprint density at radius 2 is 1.84 bits per heavy atom. The van der Waals surface area contributed by atoms with Gasteiger partial charge in [-0.05, 0) is 13.8 Å². The van der Waals surface area contributed by atoms with Gasteiger partial charge in [0.2, 0.25) is 0 Å². The zero-order valence-electron chi connectivity index (χ0n) is 10.9. The smallest absolute Gasteiger partial charge is 0.186 e. The molecule has 0 fully saturated rings. The van der Waals surface area contributed by atoms with Crippen molar-refractivity contribution in [1.29, 1.82) is 0 Å². The summed E-state index contributed by atoms with van der Waals surface area (Å²) in [6, 6.07) is 10.0. The van der Waals surface area contributed by atoms with Crippen LogP contribution in [-0.2, 0) is 0 Å². The molecule has 5 nitrogen and oxygen atoms in total. The molecule has 2 heterocycles. The van der Waals surface area contributed by atoms with Gasteiger partial charge in [-0.2, -0.15) is 5.10 Å². The summed E-state index contributed by atoms with van der Waals surface area (Å²) in [5.41, 5.74) is 7.58. The van der Waals surface area contributed by atoms with Gasteiger partial charge < -0.3 is 5.73 Å². The fraction of sp³-hybridized carbons (Fsp3) is 0.214. The van der Waals surface area contributed by atoms with Crippen molar-refractivity contribution >= 4 is 16.9 Å². The van der Waals surface area contributed by atoms with Crippen molar-refractivity contribution in [1.82, 2.24) is 19.7 Å². The Morgan fingerprint density at radius 1 is 1.11 bits per heavy atom. The van der Waals surface area contributed by atoms with Crippen molar-refractivity contribution in [2.45, 2.75) is 19.9 Å². The summed E-state index contributed by atoms with van der Waals surface area (Å²) in [6.07, 6.45) is 1.89. The second-order valence-corrected chi connectivity index (χ2v) is 4.74. The molecule has 0 atom stereocenters. The highest BCUT2D eigenvalue weighted by atomic mass is 15.3. The third kappa shape index (κ3) is 2.03. The van der Waals surface area contributed by atoms with Gasteiger partial charge in [-0.3, -0.25) is 4.68 Å². The zero-order valence-corrected chi connectivity index (χ0v) is 10.9. The maximum Gasteiger partial charge on any atom is 0.186 e. The Morgan fingerprint density at radius 3 is 2.53 bits per heavy atom. The fourth-order valence-corrected chi connectivity index (χ4v) is 1.93. The van der Waals surface area contributed by atoms with Crippen molar-refractivity contribution in [3.05, 3.63) is 36.5 Å². The number of hydrogen-bond donors (Lipinski definition) is 1. The lowest BCUT2D eigenvalue weighted by Crippen LogP contribution is -2.00. The summed E-state index contributed by atoms with van der Waals surface area (Å²) < 4.78 is 1.85. The van der Waals surface area contributed by atoms with Crippen molar-refractivity contribution in [2.75, 3.05) is 5.73 Å². The van der Waals surface area contributed by atoms with Gasteiger partial charge in [0.25, 0.3) is 0 Å². The number of nitrogen functional groups attached to an aromatic ring is 1. The molecule has 0 aliphatic carbocycles. The second kappa shape index (κ2) is 4.35. The minimum Gasteiger partial charge on any atom is -0.383 e. The van der Waals surface area contributed by atoms with Crippen molar-refractivity contribution < 1.29 is 0 Å². The van der Waals surface area contributed by atoms with E-state index in [2.05, 4.69) is 28.9 Å². The summed E-state index contributed by atoms with van der Waals surface area (Å²) in [4.78, 5) is 8.84. The van der Waals surface area contributed by atoms with Crippen LogP contribution >= 0.6 is 0 Å². The molecule has 0 aliphatic rings. The van der Waals surface area contributed by atoms with Crippen LogP contribution in [0, 0.1) is 0 Å². The minimum atomic E-state index is 0.272. The van der Waals surface area contributed by atoms with E-state index in [0.29, 0.717) is 17.3 Å². The molecule has 0 spiro atoms. The third-order valence-electron chi connectivity index (χ3n) is 2.99. The van der Waals surface area contributed by atoms with Gasteiger partial charge in [0.1, 0.15) is 5.82 Å². The summed E-state index contributed by atoms with van der Waals surface area (Å²) in [7, 11) is 0. The van der Waals surface area contributed by atoms with Crippen molar-refractivity contribution in [3.63, 3.8) is 0 Å². The molecule has 19 heavy (non-hydrogen) atoms. The molecule has 0 saturated carbocycles. The number of nitrogens with zero attached hydrogens (tertiary/aromatic N) is 4. The van der Waals surface area contributed by atoms with E-state index in [9.17, 15) is 0 Å². The molecule has 0 saturated heterocycles. The van der Waals surface area contributed by atoms with Gasteiger partial charge in [0.15, 0.2) is 11.5 Å². The lowest BCUT2D eigenvalue weighted by atomic mass is 10.2. The van der Waals surface area contributed by atoms with E-state index in [1.54, 1.807) is 0 Å². The van der Waals surface area contributed by atoms with Crippen LogP contribution in [-0.4, -0.2) is 19.7 Å². The predicted octanol–water partition coefficient (Wildman–Crippen LogP) is 2.66. The fourth-order valence-electron chi connectivity index (χ4n) is 1.93. The second-order valence-electron chi connectivity index (χ2n) is 4.74. The monoisotopic (exact) mass is 253 g/mol. The normalized spacial score (nSPS) is 11.3. The first kappa shape index (κ1) is 11.6. The van der Waals surface area contributed by atoms with E-state index in [4.69, 9.17) is 5.73 Å². The van der Waals surface area contributed by atoms with Gasteiger partial charge in [-0.15, -0.1) is 0 Å². The van der Waals surface area contributed by atoms with Crippen LogP contribution in [0.4, 0.5) is 5.82 Å². The topological polar surface area (TPSA) is 69.6 Å². The Hall–Kier alpha value is -2.43. The number of benzene rings is 1. The lowest BCUT2D eigenvalue weighted by molar-refractivity contribution is 0.536. The van der Waals surface area contributed by atoms with Crippen LogP contribution in [0.25, 0.3) is 22.4 Å². The summed E-state index contributed by atoms with van der Waals surface area (Å²) in [5.74, 6) is 1.08. The SMILES string of the molecule is CC(C)n1cc2c(N)nc(-c3ccccc3)nc2n1. The number of hydrogen-bond acceptors (Lipinski definition) is 4. The molecule has 3 rings (SSSR count). The average Bonchev–Trinajstić information content (AvgIpc) is 2.84. The Bertz CT molecular complexity index is 715. The molecule has 1 aromatic carbocycles. The van der Waals surface area contributed by atoms with Crippen LogP contribution in [0.5, 0.6) is 0 Å². The minimum absolute atomic E-state index is 0.272. The molecule has 96 valence electrons. The van der Waals surface area contributed by atoms with Gasteiger partial charge in [0.05, 0.1) is 5.39 Å². The van der Waals surface area contributed by atoms with Gasteiger partial charge in [-0.25, -0.2) is 9.97 Å². The number of rotatable bonds is 2. The van der Waals surface area contributed by atoms with E-state index in [0.717, 1.165) is 10.9 Å². The standard InChI is InChI=1S/C14H15N5/c1-9(2)19-8-11-12(15)16-13(17-14(11)18-19)10-6-4-3-5-7-10/h3-9H,1-2H3,(H2,15,16,17,18). The maximum atomic E-state index is 6.00. The highest BCUT2D eigenvalue weighted by Gasteiger charge is 2.11. The first-order chi connectivity index (χ1) is 9.15. The highest BCUT2D eigenvalue weighted by Crippen LogP contribution is 2.23. The van der Waals surface area contributed by atoms with Crippen LogP contribution in [0.2, 0.25) is 0 Å². The summed E-state index contributed by atoms with van der Waals surface area (Å²) in [6.45, 7) is 4.13. The molecule has 0 unspecified atom stereocenters. The van der Waals surface area contributed by atoms with Crippen LogP contribution in [0.15, 0.2) is 36.5 Å².